The van der Waals surface area contributed by atoms with Crippen molar-refractivity contribution in [2.75, 3.05) is 0 Å². The zero-order valence-corrected chi connectivity index (χ0v) is 42.2. The highest BCUT2D eigenvalue weighted by Gasteiger charge is 2.20. The molecule has 4 nitrogen and oxygen atoms in total. The predicted octanol–water partition coefficient (Wildman–Crippen LogP) is 18.7. The normalized spacial score (nSPS) is 13.5. The van der Waals surface area contributed by atoms with Crippen LogP contribution in [0.3, 0.4) is 0 Å². The number of nitrogens with zero attached hydrogens (tertiary/aromatic N) is 4. The highest BCUT2D eigenvalue weighted by atomic mass is 14.8. The van der Waals surface area contributed by atoms with Crippen LogP contribution >= 0.6 is 0 Å². The quantitative estimate of drug-likeness (QED) is 0.0845. The molecule has 0 heterocycles. The fraction of sp³-hybridized carbons (Fsp3) is 0.517. The van der Waals surface area contributed by atoms with Gasteiger partial charge < -0.3 is 0 Å². The molecule has 0 saturated carbocycles. The van der Waals surface area contributed by atoms with E-state index in [4.69, 9.17) is 20.0 Å². The van der Waals surface area contributed by atoms with Crippen molar-refractivity contribution < 1.29 is 0 Å². The maximum atomic E-state index is 5.73. The minimum atomic E-state index is 0.345. The fourth-order valence-corrected chi connectivity index (χ4v) is 8.59. The third-order valence-corrected chi connectivity index (χ3v) is 12.1. The number of benzene rings is 4. The minimum Gasteiger partial charge on any atom is -0.257 e. The van der Waals surface area contributed by atoms with Crippen molar-refractivity contribution in [3.63, 3.8) is 0 Å². The molecule has 334 valence electrons. The first-order valence-electron chi connectivity index (χ1n) is 23.9. The minimum absolute atomic E-state index is 0.345. The lowest BCUT2D eigenvalue weighted by Crippen LogP contribution is -2.12. The van der Waals surface area contributed by atoms with Gasteiger partial charge in [0.2, 0.25) is 0 Å². The number of aliphatic imine (C=N–C) groups is 4. The molecule has 4 aromatic rings. The molecule has 0 aliphatic carbocycles. The molecule has 0 bridgehead atoms. The topological polar surface area (TPSA) is 49.4 Å². The van der Waals surface area contributed by atoms with Crippen molar-refractivity contribution >= 4 is 45.6 Å². The Kier molecular flexibility index (Phi) is 18.4. The lowest BCUT2D eigenvalue weighted by atomic mass is 9.92. The molecule has 4 aromatic carbocycles. The molecule has 0 radical (unpaired) electrons. The summed E-state index contributed by atoms with van der Waals surface area (Å²) in [5.41, 5.74) is 19.4. The zero-order valence-electron chi connectivity index (χ0n) is 42.2. The lowest BCUT2D eigenvalue weighted by Gasteiger charge is -2.20. The molecule has 0 aromatic heterocycles. The molecule has 0 amide bonds. The smallest absolute Gasteiger partial charge is 0.0698 e. The standard InChI is InChI=1S/C58H82N4/c1-35(2)47-23-19-24-48(36(3)4)55(47)59-43(17)33-45(61-57-51(39(9)10)27-21-28-52(57)40(11)12)31-32-46(62-58-53(41(13)14)29-22-30-54(58)42(15)16)34-44(18)60-56-49(37(5)6)25-20-26-50(56)38(7)8/h19-30,35-42H,31-34H2,1-18H3. The molecule has 0 atom stereocenters. The fourth-order valence-electron chi connectivity index (χ4n) is 8.59. The summed E-state index contributed by atoms with van der Waals surface area (Å²) < 4.78 is 0. The van der Waals surface area contributed by atoms with Crippen molar-refractivity contribution in [2.24, 2.45) is 20.0 Å². The monoisotopic (exact) mass is 835 g/mol. The molecule has 0 aliphatic heterocycles. The summed E-state index contributed by atoms with van der Waals surface area (Å²) in [6.07, 6.45) is 2.92. The Balaban J connectivity index is 1.96. The number of para-hydroxylation sites is 4. The Morgan fingerprint density at radius 2 is 0.484 bits per heavy atom. The van der Waals surface area contributed by atoms with Crippen molar-refractivity contribution in [3.8, 4) is 0 Å². The van der Waals surface area contributed by atoms with Crippen molar-refractivity contribution in [2.45, 2.75) is 198 Å². The first-order chi connectivity index (χ1) is 29.2. The van der Waals surface area contributed by atoms with Gasteiger partial charge in [0.15, 0.2) is 0 Å². The first kappa shape index (κ1) is 50.2. The number of hydrogen-bond donors (Lipinski definition) is 0. The highest BCUT2D eigenvalue weighted by Crippen LogP contribution is 2.39. The average Bonchev–Trinajstić information content (AvgIpc) is 3.19. The van der Waals surface area contributed by atoms with Gasteiger partial charge in [0, 0.05) is 35.7 Å². The van der Waals surface area contributed by atoms with E-state index in [2.05, 4.69) is 197 Å². The molecule has 4 heteroatoms. The molecule has 0 saturated heterocycles. The van der Waals surface area contributed by atoms with Gasteiger partial charge in [0.1, 0.15) is 0 Å². The molecule has 0 aliphatic rings. The second-order valence-corrected chi connectivity index (χ2v) is 20.3. The summed E-state index contributed by atoms with van der Waals surface area (Å²) in [6.45, 7) is 40.9. The van der Waals surface area contributed by atoms with Crippen LogP contribution in [0.15, 0.2) is 92.8 Å². The van der Waals surface area contributed by atoms with Gasteiger partial charge in [-0.2, -0.15) is 0 Å². The van der Waals surface area contributed by atoms with Gasteiger partial charge in [-0.1, -0.05) is 184 Å². The maximum absolute atomic E-state index is 5.73. The van der Waals surface area contributed by atoms with Gasteiger partial charge in [-0.3, -0.25) is 20.0 Å². The van der Waals surface area contributed by atoms with Crippen LogP contribution in [0.1, 0.15) is 242 Å². The van der Waals surface area contributed by atoms with Crippen LogP contribution in [0.5, 0.6) is 0 Å². The Morgan fingerprint density at radius 1 is 0.306 bits per heavy atom. The van der Waals surface area contributed by atoms with Crippen molar-refractivity contribution in [1.82, 2.24) is 0 Å². The third-order valence-electron chi connectivity index (χ3n) is 12.1. The van der Waals surface area contributed by atoms with Gasteiger partial charge >= 0.3 is 0 Å². The van der Waals surface area contributed by atoms with Crippen LogP contribution in [0.25, 0.3) is 0 Å². The molecule has 0 fully saturated rings. The molecule has 0 spiro atoms. The average molecular weight is 835 g/mol. The summed E-state index contributed by atoms with van der Waals surface area (Å²) in [7, 11) is 0. The van der Waals surface area contributed by atoms with Crippen LogP contribution in [0, 0.1) is 0 Å². The molecular formula is C58H82N4. The van der Waals surface area contributed by atoms with E-state index >= 15 is 0 Å². The lowest BCUT2D eigenvalue weighted by molar-refractivity contribution is 0.832. The molecular weight excluding hydrogens is 753 g/mol. The Morgan fingerprint density at radius 3 is 0.661 bits per heavy atom. The van der Waals surface area contributed by atoms with Gasteiger partial charge in [-0.05, 0) is 119 Å². The van der Waals surface area contributed by atoms with Crippen molar-refractivity contribution in [3.05, 3.63) is 117 Å². The van der Waals surface area contributed by atoms with Gasteiger partial charge in [0.25, 0.3) is 0 Å². The van der Waals surface area contributed by atoms with E-state index in [-0.39, 0.29) is 0 Å². The number of hydrogen-bond acceptors (Lipinski definition) is 4. The Bertz CT molecular complexity index is 1970. The Hall–Kier alpha value is -4.44. The van der Waals surface area contributed by atoms with E-state index < -0.39 is 0 Å². The summed E-state index contributed by atoms with van der Waals surface area (Å²) in [6, 6.07) is 26.9. The van der Waals surface area contributed by atoms with E-state index in [9.17, 15) is 0 Å². The van der Waals surface area contributed by atoms with E-state index in [1.807, 2.05) is 0 Å². The van der Waals surface area contributed by atoms with Gasteiger partial charge in [-0.25, -0.2) is 0 Å². The summed E-state index contributed by atoms with van der Waals surface area (Å²) >= 11 is 0. The summed E-state index contributed by atoms with van der Waals surface area (Å²) in [4.78, 5) is 22.4. The zero-order chi connectivity index (χ0) is 46.0. The van der Waals surface area contributed by atoms with Gasteiger partial charge in [0.05, 0.1) is 22.7 Å². The largest absolute Gasteiger partial charge is 0.257 e. The maximum Gasteiger partial charge on any atom is 0.0698 e. The second-order valence-electron chi connectivity index (χ2n) is 20.3. The molecule has 0 N–H and O–H groups in total. The number of rotatable bonds is 19. The summed E-state index contributed by atoms with van der Waals surface area (Å²) in [5.74, 6) is 2.87. The first-order valence-corrected chi connectivity index (χ1v) is 23.9. The van der Waals surface area contributed by atoms with Crippen LogP contribution in [0.2, 0.25) is 0 Å². The van der Waals surface area contributed by atoms with E-state index in [1.165, 1.54) is 44.5 Å². The third kappa shape index (κ3) is 13.1. The Labute approximate surface area is 379 Å². The van der Waals surface area contributed by atoms with E-state index in [0.717, 1.165) is 58.4 Å². The second kappa shape index (κ2) is 22.8. The van der Waals surface area contributed by atoms with Crippen LogP contribution in [-0.2, 0) is 0 Å². The summed E-state index contributed by atoms with van der Waals surface area (Å²) in [5, 5.41) is 0. The van der Waals surface area contributed by atoms with Crippen LogP contribution < -0.4 is 0 Å². The predicted molar refractivity (Wildman–Crippen MR) is 277 cm³/mol. The molecule has 4 rings (SSSR count). The van der Waals surface area contributed by atoms with E-state index in [1.54, 1.807) is 0 Å². The van der Waals surface area contributed by atoms with Crippen LogP contribution in [0.4, 0.5) is 22.7 Å². The molecule has 0 unspecified atom stereocenters. The van der Waals surface area contributed by atoms with Crippen molar-refractivity contribution in [1.29, 1.82) is 0 Å². The SMILES string of the molecule is CC(CC(CCC(CC(C)=Nc1c(C(C)C)cccc1C(C)C)=Nc1c(C(C)C)cccc1C(C)C)=Nc1c(C(C)C)cccc1C(C)C)=Nc1c(C(C)C)cccc1C(C)C. The van der Waals surface area contributed by atoms with E-state index in [0.29, 0.717) is 60.2 Å². The van der Waals surface area contributed by atoms with Crippen LogP contribution in [-0.4, -0.2) is 22.8 Å². The molecule has 62 heavy (non-hydrogen) atoms. The van der Waals surface area contributed by atoms with Gasteiger partial charge in [-0.15, -0.1) is 0 Å². The highest BCUT2D eigenvalue weighted by molar-refractivity contribution is 6.09.